The Kier molecular flexibility index (Phi) is 5.33. The van der Waals surface area contributed by atoms with Crippen LogP contribution in [0.3, 0.4) is 0 Å². The van der Waals surface area contributed by atoms with Gasteiger partial charge in [0.15, 0.2) is 5.82 Å². The van der Waals surface area contributed by atoms with Crippen LogP contribution in [0.5, 0.6) is 5.88 Å². The Morgan fingerprint density at radius 1 is 1.06 bits per heavy atom. The van der Waals surface area contributed by atoms with E-state index < -0.39 is 5.82 Å². The fraction of sp³-hybridized carbons (Fsp3) is 0.360. The van der Waals surface area contributed by atoms with Crippen LogP contribution in [-0.2, 0) is 0 Å². The number of aryl methyl sites for hydroxylation is 2. The highest BCUT2D eigenvalue weighted by atomic mass is 19.1. The Labute approximate surface area is 186 Å². The number of amides is 1. The van der Waals surface area contributed by atoms with Gasteiger partial charge < -0.3 is 9.64 Å². The molecule has 5 heterocycles. The minimum atomic E-state index is -0.496. The molecule has 3 unspecified atom stereocenters. The fourth-order valence-electron chi connectivity index (χ4n) is 4.81. The van der Waals surface area contributed by atoms with Crippen molar-refractivity contribution >= 4 is 5.91 Å². The molecule has 3 aromatic rings. The number of rotatable bonds is 4. The van der Waals surface area contributed by atoms with Crippen LogP contribution in [0, 0.1) is 25.6 Å². The van der Waals surface area contributed by atoms with Gasteiger partial charge in [0.2, 0.25) is 5.88 Å². The molecule has 0 aromatic carbocycles. The van der Waals surface area contributed by atoms with E-state index in [-0.39, 0.29) is 29.4 Å². The summed E-state index contributed by atoms with van der Waals surface area (Å²) in [6, 6.07) is 8.42. The number of nitrogens with zero attached hydrogens (tertiary/aromatic N) is 4. The first-order valence-electron chi connectivity index (χ1n) is 11.0. The first-order valence-corrected chi connectivity index (χ1v) is 11.0. The maximum absolute atomic E-state index is 14.5. The van der Waals surface area contributed by atoms with E-state index in [9.17, 15) is 9.18 Å². The van der Waals surface area contributed by atoms with E-state index in [1.54, 1.807) is 18.5 Å². The molecule has 6 nitrogen and oxygen atoms in total. The molecule has 3 aromatic heterocycles. The van der Waals surface area contributed by atoms with E-state index >= 15 is 0 Å². The second-order valence-corrected chi connectivity index (χ2v) is 8.78. The van der Waals surface area contributed by atoms with Crippen LogP contribution < -0.4 is 4.74 Å². The van der Waals surface area contributed by atoms with Crippen molar-refractivity contribution in [3.8, 4) is 17.3 Å². The quantitative estimate of drug-likeness (QED) is 0.613. The van der Waals surface area contributed by atoms with Crippen molar-refractivity contribution in [1.82, 2.24) is 19.9 Å². The fourth-order valence-corrected chi connectivity index (χ4v) is 4.81. The van der Waals surface area contributed by atoms with Gasteiger partial charge in [-0.25, -0.2) is 9.37 Å². The number of pyridine rings is 3. The molecule has 1 saturated carbocycles. The van der Waals surface area contributed by atoms with Gasteiger partial charge in [0.25, 0.3) is 5.91 Å². The van der Waals surface area contributed by atoms with E-state index in [2.05, 4.69) is 15.0 Å². The summed E-state index contributed by atoms with van der Waals surface area (Å²) >= 11 is 0. The maximum atomic E-state index is 14.5. The van der Waals surface area contributed by atoms with Gasteiger partial charge >= 0.3 is 0 Å². The van der Waals surface area contributed by atoms with Crippen molar-refractivity contribution < 1.29 is 13.9 Å². The van der Waals surface area contributed by atoms with Gasteiger partial charge in [-0.15, -0.1) is 0 Å². The standard InChI is InChI=1S/C25H25FN4O2/c1-15-5-8-22(28-12-15)32-21-11-17-6-7-20(21)30(14-17)25(31)18-10-16(2)13-29-23(18)24-19(26)4-3-9-27-24/h3-5,8-10,12-13,17,20-21H,6-7,11,14H2,1-2H3. The molecule has 1 aliphatic carbocycles. The van der Waals surface area contributed by atoms with Crippen LogP contribution in [0.1, 0.15) is 40.7 Å². The van der Waals surface area contributed by atoms with Gasteiger partial charge in [0.05, 0.1) is 11.6 Å². The van der Waals surface area contributed by atoms with Gasteiger partial charge in [-0.3, -0.25) is 14.8 Å². The van der Waals surface area contributed by atoms with Crippen molar-refractivity contribution in [3.05, 3.63) is 71.4 Å². The SMILES string of the molecule is Cc1ccc(OC2CC3CCC2N(C(=O)c2cc(C)cnc2-c2ncccc2F)C3)nc1. The lowest BCUT2D eigenvalue weighted by atomic mass is 9.77. The molecule has 2 saturated heterocycles. The zero-order chi connectivity index (χ0) is 22.2. The monoisotopic (exact) mass is 432 g/mol. The number of carbonyl (C=O) groups is 1. The van der Waals surface area contributed by atoms with Crippen molar-refractivity contribution in [1.29, 1.82) is 0 Å². The lowest BCUT2D eigenvalue weighted by molar-refractivity contribution is -0.0313. The summed E-state index contributed by atoms with van der Waals surface area (Å²) in [6.45, 7) is 4.53. The zero-order valence-electron chi connectivity index (χ0n) is 18.2. The Balaban J connectivity index is 1.46. The van der Waals surface area contributed by atoms with E-state index in [1.807, 2.05) is 30.9 Å². The Morgan fingerprint density at radius 2 is 1.91 bits per heavy atom. The molecule has 0 radical (unpaired) electrons. The van der Waals surface area contributed by atoms with E-state index in [1.165, 1.54) is 18.3 Å². The smallest absolute Gasteiger partial charge is 0.256 e. The first-order chi connectivity index (χ1) is 15.5. The molecule has 2 aliphatic heterocycles. The van der Waals surface area contributed by atoms with Crippen molar-refractivity contribution in [2.24, 2.45) is 5.92 Å². The Bertz CT molecular complexity index is 1150. The first kappa shape index (κ1) is 20.5. The number of ether oxygens (including phenoxy) is 1. The van der Waals surface area contributed by atoms with Crippen LogP contribution in [-0.4, -0.2) is 44.4 Å². The predicted molar refractivity (Wildman–Crippen MR) is 118 cm³/mol. The second kappa shape index (κ2) is 8.30. The van der Waals surface area contributed by atoms with Crippen LogP contribution in [0.2, 0.25) is 0 Å². The second-order valence-electron chi connectivity index (χ2n) is 8.78. The molecule has 3 aliphatic rings. The molecule has 2 bridgehead atoms. The molecular formula is C25H25FN4O2. The van der Waals surface area contributed by atoms with Crippen molar-refractivity contribution in [2.45, 2.75) is 45.3 Å². The summed E-state index contributed by atoms with van der Waals surface area (Å²) < 4.78 is 20.7. The number of fused-ring (bicyclic) bond motifs is 3. The minimum absolute atomic E-state index is 0.0578. The largest absolute Gasteiger partial charge is 0.472 e. The summed E-state index contributed by atoms with van der Waals surface area (Å²) in [5, 5.41) is 0. The van der Waals surface area contributed by atoms with Gasteiger partial charge in [0, 0.05) is 31.2 Å². The third kappa shape index (κ3) is 3.83. The van der Waals surface area contributed by atoms with Gasteiger partial charge in [-0.2, -0.15) is 0 Å². The molecule has 0 N–H and O–H groups in total. The normalized spacial score (nSPS) is 22.1. The number of hydrogen-bond donors (Lipinski definition) is 0. The van der Waals surface area contributed by atoms with Crippen molar-refractivity contribution in [3.63, 3.8) is 0 Å². The van der Waals surface area contributed by atoms with E-state index in [0.29, 0.717) is 23.9 Å². The van der Waals surface area contributed by atoms with Crippen LogP contribution in [0.15, 0.2) is 48.9 Å². The molecule has 3 fully saturated rings. The summed E-state index contributed by atoms with van der Waals surface area (Å²) in [5.74, 6) is 0.298. The summed E-state index contributed by atoms with van der Waals surface area (Å²) in [7, 11) is 0. The van der Waals surface area contributed by atoms with E-state index in [4.69, 9.17) is 4.74 Å². The molecule has 3 atom stereocenters. The van der Waals surface area contributed by atoms with Crippen LogP contribution >= 0.6 is 0 Å². The van der Waals surface area contributed by atoms with Crippen molar-refractivity contribution in [2.75, 3.05) is 6.54 Å². The summed E-state index contributed by atoms with van der Waals surface area (Å²) in [6.07, 6.45) is 7.66. The number of carbonyl (C=O) groups excluding carboxylic acids is 1. The summed E-state index contributed by atoms with van der Waals surface area (Å²) in [5.41, 5.74) is 2.66. The average Bonchev–Trinajstić information content (AvgIpc) is 2.81. The molecular weight excluding hydrogens is 407 g/mol. The topological polar surface area (TPSA) is 68.2 Å². The third-order valence-electron chi connectivity index (χ3n) is 6.38. The lowest BCUT2D eigenvalue weighted by Gasteiger charge is -2.49. The Morgan fingerprint density at radius 3 is 2.66 bits per heavy atom. The van der Waals surface area contributed by atoms with Gasteiger partial charge in [0.1, 0.15) is 17.5 Å². The van der Waals surface area contributed by atoms with Crippen LogP contribution in [0.25, 0.3) is 11.4 Å². The zero-order valence-corrected chi connectivity index (χ0v) is 18.2. The number of halogens is 1. The molecule has 6 rings (SSSR count). The highest BCUT2D eigenvalue weighted by molar-refractivity contribution is 6.00. The minimum Gasteiger partial charge on any atom is -0.472 e. The predicted octanol–water partition coefficient (Wildman–Crippen LogP) is 4.37. The van der Waals surface area contributed by atoms with E-state index in [0.717, 1.165) is 30.4 Å². The molecule has 0 spiro atoms. The molecule has 32 heavy (non-hydrogen) atoms. The van der Waals surface area contributed by atoms with Gasteiger partial charge in [-0.05, 0) is 68.4 Å². The Hall–Kier alpha value is -3.35. The average molecular weight is 432 g/mol. The molecule has 1 amide bonds. The third-order valence-corrected chi connectivity index (χ3v) is 6.38. The highest BCUT2D eigenvalue weighted by Crippen LogP contribution is 2.38. The number of aromatic nitrogens is 3. The summed E-state index contributed by atoms with van der Waals surface area (Å²) in [4.78, 5) is 28.6. The molecule has 164 valence electrons. The maximum Gasteiger partial charge on any atom is 0.256 e. The lowest BCUT2D eigenvalue weighted by Crippen LogP contribution is -2.59. The van der Waals surface area contributed by atoms with Crippen LogP contribution in [0.4, 0.5) is 4.39 Å². The number of piperidine rings is 2. The molecule has 7 heteroatoms. The van der Waals surface area contributed by atoms with Gasteiger partial charge in [-0.1, -0.05) is 6.07 Å². The number of hydrogen-bond acceptors (Lipinski definition) is 5. The highest BCUT2D eigenvalue weighted by Gasteiger charge is 2.45.